The Morgan fingerprint density at radius 1 is 1.06 bits per heavy atom. The van der Waals surface area contributed by atoms with Gasteiger partial charge in [0.05, 0.1) is 24.9 Å². The number of imide groups is 1. The largest absolute Gasteiger partial charge is 0.497 e. The van der Waals surface area contributed by atoms with Gasteiger partial charge < -0.3 is 15.0 Å². The summed E-state index contributed by atoms with van der Waals surface area (Å²) in [6, 6.07) is 9.60. The number of fused-ring (bicyclic) bond motifs is 1. The van der Waals surface area contributed by atoms with Gasteiger partial charge in [0.15, 0.2) is 5.82 Å². The van der Waals surface area contributed by atoms with E-state index in [4.69, 9.17) is 4.74 Å². The van der Waals surface area contributed by atoms with Crippen LogP contribution in [-0.4, -0.2) is 59.1 Å². The van der Waals surface area contributed by atoms with Gasteiger partial charge in [-0.25, -0.2) is 9.18 Å². The number of benzene rings is 2. The minimum absolute atomic E-state index is 0. The minimum Gasteiger partial charge on any atom is -0.497 e. The van der Waals surface area contributed by atoms with Crippen LogP contribution in [0, 0.1) is 5.82 Å². The molecule has 3 aromatic rings. The van der Waals surface area contributed by atoms with Gasteiger partial charge in [0.2, 0.25) is 5.91 Å². The molecule has 9 nitrogen and oxygen atoms in total. The van der Waals surface area contributed by atoms with E-state index in [2.05, 4.69) is 5.32 Å². The molecule has 2 saturated heterocycles. The monoisotopic (exact) mass is 517 g/mol. The van der Waals surface area contributed by atoms with Crippen LogP contribution in [0.4, 0.5) is 10.1 Å². The Balaban J connectivity index is 0.00000304. The summed E-state index contributed by atoms with van der Waals surface area (Å²) < 4.78 is 23.4. The highest BCUT2D eigenvalue weighted by Gasteiger charge is 2.38. The number of methoxy groups -OCH3 is 1. The fraction of sp³-hybridized carbons (Fsp3) is 0.400. The Bertz CT molecular complexity index is 1350. The van der Waals surface area contributed by atoms with E-state index < -0.39 is 23.5 Å². The van der Waals surface area contributed by atoms with E-state index in [1.165, 1.54) is 21.1 Å². The number of halogens is 2. The van der Waals surface area contributed by atoms with Gasteiger partial charge in [0.1, 0.15) is 17.3 Å². The van der Waals surface area contributed by atoms with Crippen LogP contribution in [0.2, 0.25) is 0 Å². The number of piperazine rings is 1. The van der Waals surface area contributed by atoms with Crippen molar-refractivity contribution in [2.24, 2.45) is 7.05 Å². The van der Waals surface area contributed by atoms with Crippen molar-refractivity contribution >= 4 is 40.9 Å². The van der Waals surface area contributed by atoms with E-state index in [0.717, 1.165) is 18.7 Å². The molecule has 0 bridgehead atoms. The molecule has 0 aliphatic carbocycles. The molecule has 1 atom stereocenters. The van der Waals surface area contributed by atoms with Gasteiger partial charge in [0, 0.05) is 39.6 Å². The quantitative estimate of drug-likeness (QED) is 0.522. The van der Waals surface area contributed by atoms with Crippen LogP contribution in [0.5, 0.6) is 5.75 Å². The maximum absolute atomic E-state index is 15.7. The standard InChI is InChI=1S/C25H28FN5O4.ClH/c1-28-23-19(8-7-18(22(23)26)29-13-11-27-12-14-29)31(25(28)34)20-9-10-21(32)30(24(20)33)15-16-3-5-17(35-2)6-4-16;/h3-8,20,27H,9-15H2,1-2H3;1H. The molecule has 2 amide bonds. The first kappa shape index (κ1) is 25.7. The predicted molar refractivity (Wildman–Crippen MR) is 136 cm³/mol. The maximum Gasteiger partial charge on any atom is 0.329 e. The molecular weight excluding hydrogens is 489 g/mol. The number of nitrogens with zero attached hydrogens (tertiary/aromatic N) is 4. The number of hydrogen-bond donors (Lipinski definition) is 1. The third-order valence-corrected chi connectivity index (χ3v) is 6.92. The lowest BCUT2D eigenvalue weighted by molar-refractivity contribution is -0.151. The van der Waals surface area contributed by atoms with Crippen molar-refractivity contribution in [1.29, 1.82) is 0 Å². The molecule has 36 heavy (non-hydrogen) atoms. The van der Waals surface area contributed by atoms with E-state index in [-0.39, 0.29) is 43.2 Å². The molecule has 5 rings (SSSR count). The van der Waals surface area contributed by atoms with Crippen molar-refractivity contribution in [3.8, 4) is 5.75 Å². The van der Waals surface area contributed by atoms with Crippen molar-refractivity contribution in [2.45, 2.75) is 25.4 Å². The molecule has 1 N–H and O–H groups in total. The first-order valence-electron chi connectivity index (χ1n) is 11.7. The maximum atomic E-state index is 15.7. The Labute approximate surface area is 213 Å². The van der Waals surface area contributed by atoms with Crippen LogP contribution in [0.15, 0.2) is 41.2 Å². The van der Waals surface area contributed by atoms with Crippen molar-refractivity contribution in [2.75, 3.05) is 38.2 Å². The smallest absolute Gasteiger partial charge is 0.329 e. The molecule has 2 aliphatic heterocycles. The summed E-state index contributed by atoms with van der Waals surface area (Å²) in [4.78, 5) is 42.5. The first-order valence-corrected chi connectivity index (χ1v) is 11.7. The SMILES string of the molecule is COc1ccc(CN2C(=O)CCC(n3c(=O)n(C)c4c(F)c(N5CCNCC5)ccc43)C2=O)cc1.Cl. The molecule has 0 radical (unpaired) electrons. The summed E-state index contributed by atoms with van der Waals surface area (Å²) in [5.41, 5.74) is 1.25. The summed E-state index contributed by atoms with van der Waals surface area (Å²) in [5.74, 6) is -0.551. The summed E-state index contributed by atoms with van der Waals surface area (Å²) in [5, 5.41) is 3.24. The van der Waals surface area contributed by atoms with Crippen LogP contribution in [-0.2, 0) is 23.2 Å². The number of nitrogens with one attached hydrogen (secondary N) is 1. The van der Waals surface area contributed by atoms with Crippen LogP contribution in [0.1, 0.15) is 24.4 Å². The fourth-order valence-corrected chi connectivity index (χ4v) is 5.01. The number of anilines is 1. The highest BCUT2D eigenvalue weighted by molar-refractivity contribution is 6.00. The number of ether oxygens (including phenoxy) is 1. The summed E-state index contributed by atoms with van der Waals surface area (Å²) in [6.07, 6.45) is 0.313. The van der Waals surface area contributed by atoms with Gasteiger partial charge in [-0.15, -0.1) is 12.4 Å². The van der Waals surface area contributed by atoms with Crippen molar-refractivity contribution in [1.82, 2.24) is 19.4 Å². The Morgan fingerprint density at radius 3 is 2.42 bits per heavy atom. The zero-order chi connectivity index (χ0) is 24.7. The Hall–Kier alpha value is -3.37. The normalized spacial score (nSPS) is 18.5. The molecular formula is C25H29ClFN5O4. The van der Waals surface area contributed by atoms with Gasteiger partial charge in [0.25, 0.3) is 5.91 Å². The highest BCUT2D eigenvalue weighted by Crippen LogP contribution is 2.32. The van der Waals surface area contributed by atoms with Gasteiger partial charge in [-0.1, -0.05) is 12.1 Å². The predicted octanol–water partition coefficient (Wildman–Crippen LogP) is 2.21. The number of carbonyl (C=O) groups excluding carboxylic acids is 2. The van der Waals surface area contributed by atoms with Gasteiger partial charge in [-0.05, 0) is 36.2 Å². The van der Waals surface area contributed by atoms with Crippen LogP contribution in [0.3, 0.4) is 0 Å². The van der Waals surface area contributed by atoms with E-state index >= 15 is 4.39 Å². The van der Waals surface area contributed by atoms with Gasteiger partial charge >= 0.3 is 5.69 Å². The summed E-state index contributed by atoms with van der Waals surface area (Å²) in [6.45, 7) is 2.94. The molecule has 1 aromatic heterocycles. The van der Waals surface area contributed by atoms with Crippen LogP contribution >= 0.6 is 12.4 Å². The number of carbonyl (C=O) groups is 2. The van der Waals surface area contributed by atoms with E-state index in [1.54, 1.807) is 43.5 Å². The second-order valence-electron chi connectivity index (χ2n) is 8.94. The number of amides is 2. The average Bonchev–Trinajstić information content (AvgIpc) is 3.13. The third kappa shape index (κ3) is 4.35. The minimum atomic E-state index is -0.883. The number of piperidine rings is 1. The number of imidazole rings is 1. The van der Waals surface area contributed by atoms with E-state index in [0.29, 0.717) is 30.0 Å². The van der Waals surface area contributed by atoms with Gasteiger partial charge in [-0.2, -0.15) is 0 Å². The fourth-order valence-electron chi connectivity index (χ4n) is 5.01. The number of aromatic nitrogens is 2. The van der Waals surface area contributed by atoms with Gasteiger partial charge in [-0.3, -0.25) is 23.6 Å². The lowest BCUT2D eigenvalue weighted by Crippen LogP contribution is -2.47. The zero-order valence-electron chi connectivity index (χ0n) is 20.2. The van der Waals surface area contributed by atoms with E-state index in [1.807, 2.05) is 4.90 Å². The van der Waals surface area contributed by atoms with Crippen LogP contribution in [0.25, 0.3) is 11.0 Å². The van der Waals surface area contributed by atoms with Crippen molar-refractivity contribution in [3.63, 3.8) is 0 Å². The summed E-state index contributed by atoms with van der Waals surface area (Å²) >= 11 is 0. The number of hydrogen-bond acceptors (Lipinski definition) is 6. The molecule has 0 spiro atoms. The first-order chi connectivity index (χ1) is 16.9. The zero-order valence-corrected chi connectivity index (χ0v) is 21.0. The lowest BCUT2D eigenvalue weighted by atomic mass is 10.0. The highest BCUT2D eigenvalue weighted by atomic mass is 35.5. The lowest BCUT2D eigenvalue weighted by Gasteiger charge is -2.31. The average molecular weight is 518 g/mol. The number of aryl methyl sites for hydroxylation is 1. The van der Waals surface area contributed by atoms with Crippen molar-refractivity contribution < 1.29 is 18.7 Å². The molecule has 192 valence electrons. The topological polar surface area (TPSA) is 88.8 Å². The molecule has 2 fully saturated rings. The molecule has 11 heteroatoms. The van der Waals surface area contributed by atoms with E-state index in [9.17, 15) is 14.4 Å². The molecule has 3 heterocycles. The number of rotatable bonds is 5. The molecule has 0 saturated carbocycles. The Kier molecular flexibility index (Phi) is 7.37. The van der Waals surface area contributed by atoms with Crippen LogP contribution < -0.4 is 20.6 Å². The molecule has 1 unspecified atom stereocenters. The molecule has 2 aromatic carbocycles. The van der Waals surface area contributed by atoms with Crippen molar-refractivity contribution in [3.05, 3.63) is 58.3 Å². The number of likely N-dealkylation sites (tertiary alicyclic amines) is 1. The second kappa shape index (κ2) is 10.3. The summed E-state index contributed by atoms with van der Waals surface area (Å²) in [7, 11) is 3.08. The Morgan fingerprint density at radius 2 is 1.75 bits per heavy atom. The third-order valence-electron chi connectivity index (χ3n) is 6.92. The second-order valence-corrected chi connectivity index (χ2v) is 8.94. The molecule has 2 aliphatic rings.